The molecule has 0 radical (unpaired) electrons. The van der Waals surface area contributed by atoms with Crippen LogP contribution in [-0.4, -0.2) is 160 Å². The molecule has 264 valence electrons. The largest absolute Gasteiger partial charge is 0.391 e. The van der Waals surface area contributed by atoms with Crippen molar-refractivity contribution in [2.45, 2.75) is 105 Å². The Morgan fingerprint density at radius 3 is 1.33 bits per heavy atom. The third-order valence-electron chi connectivity index (χ3n) is 6.69. The van der Waals surface area contributed by atoms with E-state index in [0.29, 0.717) is 19.6 Å². The van der Waals surface area contributed by atoms with Crippen molar-refractivity contribution in [2.24, 2.45) is 0 Å². The fraction of sp³-hybridized carbons (Fsp3) is 1.00. The van der Waals surface area contributed by atoms with Crippen LogP contribution in [0.5, 0.6) is 0 Å². The number of unbranched alkanes of at least 4 members (excludes halogenated alkanes) is 1. The number of hydrogen-bond acceptors (Lipinski definition) is 5. The van der Waals surface area contributed by atoms with Gasteiger partial charge in [-0.15, -0.1) is 0 Å². The molecule has 4 atom stereocenters. The highest BCUT2D eigenvalue weighted by molar-refractivity contribution is 4.79. The summed E-state index contributed by atoms with van der Waals surface area (Å²) in [5.41, 5.74) is 6.85. The number of aliphatic hydroxyl groups excluding tert-OH is 5. The van der Waals surface area contributed by atoms with Gasteiger partial charge in [-0.25, -0.2) is 0 Å². The highest BCUT2D eigenvalue weighted by Crippen LogP contribution is 2.06. The number of nitrogens with zero attached hydrogens (tertiary/aromatic N) is 2. The number of nitrogens with two attached hydrogens (primary N) is 2. The number of quaternary nitrogens is 6. The van der Waals surface area contributed by atoms with Crippen molar-refractivity contribution in [3.63, 3.8) is 0 Å². The van der Waals surface area contributed by atoms with Crippen LogP contribution < -0.4 is 22.1 Å². The first-order chi connectivity index (χ1) is 19.6. The van der Waals surface area contributed by atoms with E-state index in [1.54, 1.807) is 26.3 Å². The zero-order chi connectivity index (χ0) is 34.6. The van der Waals surface area contributed by atoms with E-state index in [-0.39, 0.29) is 0 Å². The maximum Gasteiger partial charge on any atom is 0.131 e. The molecule has 0 saturated heterocycles. The van der Waals surface area contributed by atoms with E-state index in [1.165, 1.54) is 56.3 Å². The standard InChI is InChI=1S/C8H19NO4.2C7H18N.C5H13NO.C3H9N.CH5N/c1-3-5(10)7(12)8(13)6(11)4-9-2;1-5-6-7-8(2,3)4;1-5-8(4,6-2)7-3;1-2-3-6-4-5-7;1-2-3-4;1-2/h5-13H,3-4H2,1-2H3;2*5-7H2,1-4H3;6-7H,2-5H2,1H3;2-4H2,1H3;2H2,1H3/q;2*+1;;;/p+4/t5-,6+,7-,8-;;;;;/m1...../s1. The van der Waals surface area contributed by atoms with Gasteiger partial charge in [0.25, 0.3) is 0 Å². The first-order valence-corrected chi connectivity index (χ1v) is 16.7. The second kappa shape index (κ2) is 40.6. The van der Waals surface area contributed by atoms with Gasteiger partial charge in [0.2, 0.25) is 0 Å². The van der Waals surface area contributed by atoms with Crippen LogP contribution in [0, 0.1) is 0 Å². The summed E-state index contributed by atoms with van der Waals surface area (Å²) in [7, 11) is 12.5. The quantitative estimate of drug-likeness (QED) is 0.0637. The molecule has 42 heavy (non-hydrogen) atoms. The van der Waals surface area contributed by atoms with Crippen LogP contribution >= 0.6 is 0 Å². The van der Waals surface area contributed by atoms with Gasteiger partial charge < -0.3 is 56.6 Å². The minimum absolute atomic E-state index is 0.300. The number of likely N-dealkylation sites (N-methyl/N-ethyl adjacent to an activating group) is 1. The number of rotatable bonds is 17. The van der Waals surface area contributed by atoms with Gasteiger partial charge in [0.1, 0.15) is 24.9 Å². The summed E-state index contributed by atoms with van der Waals surface area (Å²) in [6.45, 7) is 23.6. The lowest BCUT2D eigenvalue weighted by Crippen LogP contribution is -2.85. The summed E-state index contributed by atoms with van der Waals surface area (Å²) in [6.07, 6.45) is 0.855. The van der Waals surface area contributed by atoms with Gasteiger partial charge in [-0.05, 0) is 46.5 Å². The normalized spacial score (nSPS) is 13.4. The molecule has 0 unspecified atom stereocenters. The van der Waals surface area contributed by atoms with Gasteiger partial charge in [0.05, 0.1) is 101 Å². The lowest BCUT2D eigenvalue weighted by Gasteiger charge is -2.30. The van der Waals surface area contributed by atoms with Gasteiger partial charge in [-0.2, -0.15) is 0 Å². The van der Waals surface area contributed by atoms with Crippen LogP contribution in [0.2, 0.25) is 0 Å². The first kappa shape index (κ1) is 54.1. The fourth-order valence-electron chi connectivity index (χ4n) is 2.82. The first-order valence-electron chi connectivity index (χ1n) is 16.7. The van der Waals surface area contributed by atoms with Gasteiger partial charge >= 0.3 is 0 Å². The van der Waals surface area contributed by atoms with Crippen molar-refractivity contribution in [2.75, 3.05) is 101 Å². The predicted octanol–water partition coefficient (Wildman–Crippen LogP) is -2.53. The molecule has 0 aromatic heterocycles. The molecular weight excluding hydrogens is 536 g/mol. The maximum absolute atomic E-state index is 9.34. The van der Waals surface area contributed by atoms with Crippen LogP contribution in [0.15, 0.2) is 0 Å². The molecule has 0 heterocycles. The number of aliphatic hydroxyl groups is 5. The predicted molar refractivity (Wildman–Crippen MR) is 179 cm³/mol. The molecule has 0 spiro atoms. The zero-order valence-electron chi connectivity index (χ0n) is 30.9. The minimum Gasteiger partial charge on any atom is -0.391 e. The average Bonchev–Trinajstić information content (AvgIpc) is 3.00. The fourth-order valence-corrected chi connectivity index (χ4v) is 2.82. The topological polar surface area (TPSA) is 190 Å². The van der Waals surface area contributed by atoms with E-state index < -0.39 is 24.4 Å². The molecule has 0 aromatic rings. The van der Waals surface area contributed by atoms with Gasteiger partial charge in [0, 0.05) is 0 Å². The molecule has 0 saturated carbocycles. The Morgan fingerprint density at radius 1 is 0.690 bits per heavy atom. The number of hydrogen-bond donors (Lipinski definition) is 9. The summed E-state index contributed by atoms with van der Waals surface area (Å²) in [5.74, 6) is 0. The summed E-state index contributed by atoms with van der Waals surface area (Å²) in [4.78, 5) is 0. The summed E-state index contributed by atoms with van der Waals surface area (Å²) in [6, 6.07) is 0. The van der Waals surface area contributed by atoms with E-state index in [0.717, 1.165) is 24.1 Å². The van der Waals surface area contributed by atoms with Crippen LogP contribution in [0.1, 0.15) is 80.6 Å². The summed E-state index contributed by atoms with van der Waals surface area (Å²) in [5, 5.41) is 49.2. The second-order valence-electron chi connectivity index (χ2n) is 11.5. The van der Waals surface area contributed by atoms with E-state index in [2.05, 4.69) is 86.5 Å². The highest BCUT2D eigenvalue weighted by atomic mass is 16.4. The zero-order valence-corrected chi connectivity index (χ0v) is 30.9. The Kier molecular flexibility index (Phi) is 52.2. The van der Waals surface area contributed by atoms with Gasteiger partial charge in [-0.3, -0.25) is 0 Å². The van der Waals surface area contributed by atoms with Crippen molar-refractivity contribution in [1.29, 1.82) is 0 Å². The second-order valence-corrected chi connectivity index (χ2v) is 11.5. The van der Waals surface area contributed by atoms with Crippen molar-refractivity contribution in [3.8, 4) is 0 Å². The molecule has 0 bridgehead atoms. The van der Waals surface area contributed by atoms with Crippen LogP contribution in [0.3, 0.4) is 0 Å². The van der Waals surface area contributed by atoms with Crippen molar-refractivity contribution >= 4 is 0 Å². The van der Waals surface area contributed by atoms with Crippen LogP contribution in [0.25, 0.3) is 0 Å². The third kappa shape index (κ3) is 46.5. The Labute approximate surface area is 262 Å². The molecule has 0 aliphatic heterocycles. The molecular formula is C31H86N6O5+6. The molecule has 15 N–H and O–H groups in total. The molecule has 0 rings (SSSR count). The SMILES string of the molecule is CCCC[N+](C)(C)C.CCC[NH2+]CCO.CCC[NH3+].CC[C@@H](O)[C@@H](O)[C@H](O)[C@@H](O)C[NH2+]C.CC[N+](C)(CC)CC.C[NH3+]. The van der Waals surface area contributed by atoms with Gasteiger partial charge in [0.15, 0.2) is 0 Å². The van der Waals surface area contributed by atoms with Crippen LogP contribution in [-0.2, 0) is 0 Å². The van der Waals surface area contributed by atoms with Crippen molar-refractivity contribution in [1.82, 2.24) is 0 Å². The van der Waals surface area contributed by atoms with E-state index >= 15 is 0 Å². The Morgan fingerprint density at radius 2 is 1.12 bits per heavy atom. The summed E-state index contributed by atoms with van der Waals surface area (Å²) >= 11 is 0. The molecule has 0 fully saturated rings. The Bertz CT molecular complexity index is 442. The molecule has 0 amide bonds. The lowest BCUT2D eigenvalue weighted by atomic mass is 10.0. The molecule has 11 heteroatoms. The van der Waals surface area contributed by atoms with Crippen molar-refractivity contribution < 1.29 is 56.6 Å². The summed E-state index contributed by atoms with van der Waals surface area (Å²) < 4.78 is 2.31. The highest BCUT2D eigenvalue weighted by Gasteiger charge is 2.29. The lowest BCUT2D eigenvalue weighted by molar-refractivity contribution is -0.904. The third-order valence-corrected chi connectivity index (χ3v) is 6.69. The smallest absolute Gasteiger partial charge is 0.131 e. The van der Waals surface area contributed by atoms with E-state index in [4.69, 9.17) is 5.11 Å². The molecule has 11 nitrogen and oxygen atoms in total. The average molecular weight is 623 g/mol. The molecule has 0 aliphatic carbocycles. The maximum atomic E-state index is 9.34. The van der Waals surface area contributed by atoms with E-state index in [1.807, 2.05) is 0 Å². The molecule has 0 aromatic carbocycles. The monoisotopic (exact) mass is 623 g/mol. The van der Waals surface area contributed by atoms with E-state index in [9.17, 15) is 20.4 Å². The van der Waals surface area contributed by atoms with Gasteiger partial charge in [-0.1, -0.05) is 34.1 Å². The molecule has 0 aliphatic rings. The van der Waals surface area contributed by atoms with Crippen molar-refractivity contribution in [3.05, 3.63) is 0 Å². The Balaban J connectivity index is -0.0000000991. The van der Waals surface area contributed by atoms with Crippen LogP contribution in [0.4, 0.5) is 0 Å². The minimum atomic E-state index is -1.29. The Hall–Kier alpha value is -0.440.